The minimum Gasteiger partial charge on any atom is -0.496 e. The van der Waals surface area contributed by atoms with Crippen molar-refractivity contribution in [3.63, 3.8) is 0 Å². The molecule has 16 heavy (non-hydrogen) atoms. The zero-order valence-corrected chi connectivity index (χ0v) is 9.96. The smallest absolute Gasteiger partial charge is 0.227 e. The molecular weight excluding hydrogens is 202 g/mol. The van der Waals surface area contributed by atoms with Gasteiger partial charge in [0, 0.05) is 6.54 Å². The highest BCUT2D eigenvalue weighted by atomic mass is 16.5. The monoisotopic (exact) mass is 219 g/mol. The lowest BCUT2D eigenvalue weighted by Gasteiger charge is -2.14. The predicted molar refractivity (Wildman–Crippen MR) is 62.8 cm³/mol. The van der Waals surface area contributed by atoms with Gasteiger partial charge in [-0.3, -0.25) is 4.79 Å². The Hall–Kier alpha value is -1.51. The second-order valence-corrected chi connectivity index (χ2v) is 4.31. The molecule has 1 aliphatic rings. The topological polar surface area (TPSA) is 38.3 Å². The first-order chi connectivity index (χ1) is 7.63. The summed E-state index contributed by atoms with van der Waals surface area (Å²) in [6.07, 6.45) is 0.894. The van der Waals surface area contributed by atoms with Gasteiger partial charge in [-0.15, -0.1) is 0 Å². The van der Waals surface area contributed by atoms with Crippen molar-refractivity contribution in [2.24, 2.45) is 0 Å². The number of ether oxygens (including phenoxy) is 1. The summed E-state index contributed by atoms with van der Waals surface area (Å²) in [5, 5.41) is 2.87. The first-order valence-electron chi connectivity index (χ1n) is 5.56. The molecule has 1 fully saturated rings. The number of benzene rings is 1. The van der Waals surface area contributed by atoms with E-state index in [0.717, 1.165) is 35.4 Å². The average molecular weight is 219 g/mol. The SMILES string of the molecule is COc1cc(C)c(C2CCNC2=O)cc1C. The minimum atomic E-state index is 0.0182. The molecule has 1 aromatic carbocycles. The first-order valence-corrected chi connectivity index (χ1v) is 5.56. The summed E-state index contributed by atoms with van der Waals surface area (Å²) in [6.45, 7) is 4.82. The second-order valence-electron chi connectivity index (χ2n) is 4.31. The number of amides is 1. The molecule has 86 valence electrons. The van der Waals surface area contributed by atoms with Crippen molar-refractivity contribution in [2.45, 2.75) is 26.2 Å². The van der Waals surface area contributed by atoms with Gasteiger partial charge in [-0.05, 0) is 43.0 Å². The number of rotatable bonds is 2. The van der Waals surface area contributed by atoms with Crippen LogP contribution in [0.15, 0.2) is 12.1 Å². The van der Waals surface area contributed by atoms with Gasteiger partial charge in [0.25, 0.3) is 0 Å². The molecule has 1 saturated heterocycles. The van der Waals surface area contributed by atoms with Gasteiger partial charge in [0.15, 0.2) is 0 Å². The standard InChI is InChI=1S/C13H17NO2/c1-8-7-12(16-3)9(2)6-11(8)10-4-5-14-13(10)15/h6-7,10H,4-5H2,1-3H3,(H,14,15). The van der Waals surface area contributed by atoms with Crippen molar-refractivity contribution < 1.29 is 9.53 Å². The molecule has 3 nitrogen and oxygen atoms in total. The third-order valence-corrected chi connectivity index (χ3v) is 3.21. The van der Waals surface area contributed by atoms with Crippen molar-refractivity contribution in [2.75, 3.05) is 13.7 Å². The molecular formula is C13H17NO2. The summed E-state index contributed by atoms with van der Waals surface area (Å²) >= 11 is 0. The van der Waals surface area contributed by atoms with Crippen LogP contribution >= 0.6 is 0 Å². The molecule has 0 aromatic heterocycles. The third kappa shape index (κ3) is 1.77. The largest absolute Gasteiger partial charge is 0.496 e. The van der Waals surface area contributed by atoms with E-state index >= 15 is 0 Å². The highest BCUT2D eigenvalue weighted by Gasteiger charge is 2.27. The molecule has 1 aromatic rings. The maximum atomic E-state index is 11.7. The lowest BCUT2D eigenvalue weighted by molar-refractivity contribution is -0.120. The minimum absolute atomic E-state index is 0.0182. The lowest BCUT2D eigenvalue weighted by Crippen LogP contribution is -2.18. The molecule has 2 rings (SSSR count). The number of nitrogens with one attached hydrogen (secondary N) is 1. The highest BCUT2D eigenvalue weighted by Crippen LogP contribution is 2.31. The summed E-state index contributed by atoms with van der Waals surface area (Å²) in [4.78, 5) is 11.7. The Kier molecular flexibility index (Phi) is 2.86. The van der Waals surface area contributed by atoms with Crippen LogP contribution in [0.1, 0.15) is 29.0 Å². The van der Waals surface area contributed by atoms with Crippen molar-refractivity contribution in [1.82, 2.24) is 5.32 Å². The van der Waals surface area contributed by atoms with Gasteiger partial charge in [-0.1, -0.05) is 6.07 Å². The average Bonchev–Trinajstić information content (AvgIpc) is 2.67. The number of hydrogen-bond acceptors (Lipinski definition) is 2. The number of methoxy groups -OCH3 is 1. The Labute approximate surface area is 95.8 Å². The fraction of sp³-hybridized carbons (Fsp3) is 0.462. The van der Waals surface area contributed by atoms with Crippen LogP contribution in [-0.4, -0.2) is 19.6 Å². The van der Waals surface area contributed by atoms with Gasteiger partial charge in [0.2, 0.25) is 5.91 Å². The molecule has 1 aliphatic heterocycles. The van der Waals surface area contributed by atoms with E-state index in [9.17, 15) is 4.79 Å². The molecule has 0 saturated carbocycles. The van der Waals surface area contributed by atoms with Crippen molar-refractivity contribution in [3.05, 3.63) is 28.8 Å². The molecule has 1 N–H and O–H groups in total. The number of carbonyl (C=O) groups excluding carboxylic acids is 1. The van der Waals surface area contributed by atoms with E-state index in [1.807, 2.05) is 19.9 Å². The Morgan fingerprint density at radius 3 is 2.62 bits per heavy atom. The summed E-state index contributed by atoms with van der Waals surface area (Å²) < 4.78 is 5.27. The number of carbonyl (C=O) groups is 1. The van der Waals surface area contributed by atoms with E-state index in [0.29, 0.717) is 0 Å². The molecule has 3 heteroatoms. The molecule has 0 bridgehead atoms. The van der Waals surface area contributed by atoms with E-state index in [2.05, 4.69) is 11.4 Å². The van der Waals surface area contributed by atoms with Crippen LogP contribution in [0, 0.1) is 13.8 Å². The molecule has 1 atom stereocenters. The summed E-state index contributed by atoms with van der Waals surface area (Å²) in [5.74, 6) is 1.05. The van der Waals surface area contributed by atoms with Crippen molar-refractivity contribution in [3.8, 4) is 5.75 Å². The Bertz CT molecular complexity index is 426. The van der Waals surface area contributed by atoms with Gasteiger partial charge in [0.05, 0.1) is 13.0 Å². The van der Waals surface area contributed by atoms with Crippen LogP contribution < -0.4 is 10.1 Å². The molecule has 1 unspecified atom stereocenters. The zero-order chi connectivity index (χ0) is 11.7. The van der Waals surface area contributed by atoms with Crippen LogP contribution in [0.2, 0.25) is 0 Å². The summed E-state index contributed by atoms with van der Waals surface area (Å²) in [7, 11) is 1.67. The van der Waals surface area contributed by atoms with Gasteiger partial charge < -0.3 is 10.1 Å². The van der Waals surface area contributed by atoms with E-state index < -0.39 is 0 Å². The van der Waals surface area contributed by atoms with Crippen molar-refractivity contribution >= 4 is 5.91 Å². The maximum absolute atomic E-state index is 11.7. The third-order valence-electron chi connectivity index (χ3n) is 3.21. The quantitative estimate of drug-likeness (QED) is 0.825. The fourth-order valence-corrected chi connectivity index (χ4v) is 2.30. The molecule has 1 amide bonds. The van der Waals surface area contributed by atoms with Gasteiger partial charge in [-0.25, -0.2) is 0 Å². The molecule has 0 aliphatic carbocycles. The van der Waals surface area contributed by atoms with E-state index in [4.69, 9.17) is 4.74 Å². The van der Waals surface area contributed by atoms with Crippen LogP contribution in [-0.2, 0) is 4.79 Å². The van der Waals surface area contributed by atoms with E-state index in [1.165, 1.54) is 0 Å². The first kappa shape index (κ1) is 11.0. The number of aryl methyl sites for hydroxylation is 2. The van der Waals surface area contributed by atoms with Gasteiger partial charge >= 0.3 is 0 Å². The Balaban J connectivity index is 2.41. The maximum Gasteiger partial charge on any atom is 0.227 e. The summed E-state index contributed by atoms with van der Waals surface area (Å²) in [6, 6.07) is 4.08. The van der Waals surface area contributed by atoms with Crippen LogP contribution in [0.5, 0.6) is 5.75 Å². The summed E-state index contributed by atoms with van der Waals surface area (Å²) in [5.41, 5.74) is 3.35. The van der Waals surface area contributed by atoms with Crippen molar-refractivity contribution in [1.29, 1.82) is 0 Å². The Morgan fingerprint density at radius 2 is 2.06 bits per heavy atom. The second kappa shape index (κ2) is 4.16. The number of hydrogen-bond donors (Lipinski definition) is 1. The van der Waals surface area contributed by atoms with Gasteiger partial charge in [-0.2, -0.15) is 0 Å². The van der Waals surface area contributed by atoms with Crippen LogP contribution in [0.3, 0.4) is 0 Å². The molecule has 0 radical (unpaired) electrons. The predicted octanol–water partition coefficient (Wildman–Crippen LogP) is 1.92. The fourth-order valence-electron chi connectivity index (χ4n) is 2.30. The molecule has 1 heterocycles. The van der Waals surface area contributed by atoms with Gasteiger partial charge in [0.1, 0.15) is 5.75 Å². The van der Waals surface area contributed by atoms with E-state index in [1.54, 1.807) is 7.11 Å². The molecule has 0 spiro atoms. The Morgan fingerprint density at radius 1 is 1.31 bits per heavy atom. The van der Waals surface area contributed by atoms with Crippen LogP contribution in [0.25, 0.3) is 0 Å². The normalized spacial score (nSPS) is 19.7. The van der Waals surface area contributed by atoms with E-state index in [-0.39, 0.29) is 11.8 Å². The zero-order valence-electron chi connectivity index (χ0n) is 9.96. The van der Waals surface area contributed by atoms with Crippen LogP contribution in [0.4, 0.5) is 0 Å². The lowest BCUT2D eigenvalue weighted by atomic mass is 9.92. The highest BCUT2D eigenvalue weighted by molar-refractivity contribution is 5.86.